The summed E-state index contributed by atoms with van der Waals surface area (Å²) in [5.74, 6) is 1.46. The van der Waals surface area contributed by atoms with Gasteiger partial charge in [-0.1, -0.05) is 23.7 Å². The van der Waals surface area contributed by atoms with Gasteiger partial charge in [0.15, 0.2) is 11.5 Å². The number of fused-ring (bicyclic) bond motifs is 1. The summed E-state index contributed by atoms with van der Waals surface area (Å²) in [5.41, 5.74) is 2.57. The normalized spacial score (nSPS) is 13.8. The molecule has 1 aliphatic heterocycles. The van der Waals surface area contributed by atoms with Crippen LogP contribution in [0.3, 0.4) is 0 Å². The maximum absolute atomic E-state index is 12.4. The molecule has 4 nitrogen and oxygen atoms in total. The van der Waals surface area contributed by atoms with E-state index < -0.39 is 0 Å². The number of benzene rings is 2. The third-order valence-electron chi connectivity index (χ3n) is 4.15. The van der Waals surface area contributed by atoms with Gasteiger partial charge in [0.25, 0.3) is 0 Å². The van der Waals surface area contributed by atoms with E-state index in [4.69, 9.17) is 16.3 Å². The van der Waals surface area contributed by atoms with E-state index in [1.54, 1.807) is 22.7 Å². The van der Waals surface area contributed by atoms with Gasteiger partial charge in [-0.2, -0.15) is 11.8 Å². The number of carbonyl (C=O) groups is 1. The van der Waals surface area contributed by atoms with Crippen LogP contribution in [0.4, 0.5) is 0 Å². The number of phenols is 1. The average molecular weight is 378 g/mol. The number of nitrogens with zero attached hydrogens (tertiary/aromatic N) is 1. The van der Waals surface area contributed by atoms with Crippen molar-refractivity contribution < 1.29 is 14.6 Å². The maximum Gasteiger partial charge on any atom is 0.223 e. The van der Waals surface area contributed by atoms with E-state index in [-0.39, 0.29) is 11.7 Å². The first-order chi connectivity index (χ1) is 12.1. The predicted octanol–water partition coefficient (Wildman–Crippen LogP) is 4.19. The highest BCUT2D eigenvalue weighted by molar-refractivity contribution is 7.98. The van der Waals surface area contributed by atoms with Crippen LogP contribution in [0.25, 0.3) is 11.1 Å². The van der Waals surface area contributed by atoms with Crippen molar-refractivity contribution in [2.45, 2.75) is 13.0 Å². The van der Waals surface area contributed by atoms with Gasteiger partial charge in [-0.3, -0.25) is 4.79 Å². The monoisotopic (exact) mass is 377 g/mol. The van der Waals surface area contributed by atoms with Crippen LogP contribution < -0.4 is 4.74 Å². The number of phenolic OH excluding ortho intramolecular Hbond substituents is 1. The summed E-state index contributed by atoms with van der Waals surface area (Å²) in [6, 6.07) is 11.1. The average Bonchev–Trinajstić information content (AvgIpc) is 2.82. The summed E-state index contributed by atoms with van der Waals surface area (Å²) in [6.45, 7) is 1.33. The Hall–Kier alpha value is -1.85. The molecule has 0 fully saturated rings. The summed E-state index contributed by atoms with van der Waals surface area (Å²) in [5, 5.41) is 11.0. The topological polar surface area (TPSA) is 49.8 Å². The van der Waals surface area contributed by atoms with Crippen molar-refractivity contribution in [3.8, 4) is 22.6 Å². The molecule has 0 spiro atoms. The maximum atomic E-state index is 12.4. The number of hydrogen-bond donors (Lipinski definition) is 1. The Morgan fingerprint density at radius 1 is 1.32 bits per heavy atom. The van der Waals surface area contributed by atoms with E-state index >= 15 is 0 Å². The van der Waals surface area contributed by atoms with E-state index in [0.717, 1.165) is 22.4 Å². The van der Waals surface area contributed by atoms with Crippen molar-refractivity contribution >= 4 is 29.3 Å². The Kier molecular flexibility index (Phi) is 5.76. The van der Waals surface area contributed by atoms with E-state index in [2.05, 4.69) is 0 Å². The largest absolute Gasteiger partial charge is 0.504 e. The van der Waals surface area contributed by atoms with E-state index in [1.807, 2.05) is 36.6 Å². The van der Waals surface area contributed by atoms with Crippen LogP contribution in [-0.2, 0) is 11.3 Å². The minimum absolute atomic E-state index is 0.0888. The van der Waals surface area contributed by atoms with Gasteiger partial charge in [0.2, 0.25) is 5.91 Å². The zero-order valence-corrected chi connectivity index (χ0v) is 15.6. The summed E-state index contributed by atoms with van der Waals surface area (Å²) < 4.78 is 5.70. The van der Waals surface area contributed by atoms with Crippen molar-refractivity contribution in [3.63, 3.8) is 0 Å². The van der Waals surface area contributed by atoms with Crippen LogP contribution in [0, 0.1) is 0 Å². The fourth-order valence-electron chi connectivity index (χ4n) is 2.89. The molecule has 25 heavy (non-hydrogen) atoms. The number of thioether (sulfide) groups is 1. The second-order valence-electron chi connectivity index (χ2n) is 5.90. The fraction of sp³-hybridized carbons (Fsp3) is 0.316. The molecule has 132 valence electrons. The molecule has 0 aliphatic carbocycles. The molecular weight excluding hydrogens is 358 g/mol. The molecule has 0 bridgehead atoms. The Labute approximate surface area is 156 Å². The molecule has 1 aliphatic rings. The van der Waals surface area contributed by atoms with Crippen LogP contribution in [0.1, 0.15) is 12.0 Å². The smallest absolute Gasteiger partial charge is 0.223 e. The lowest BCUT2D eigenvalue weighted by atomic mass is 10.0. The summed E-state index contributed by atoms with van der Waals surface area (Å²) in [7, 11) is 0. The van der Waals surface area contributed by atoms with Gasteiger partial charge in [0, 0.05) is 29.3 Å². The SMILES string of the molecule is CSCCC(=O)N1CCOc2c(O)cc(-c3cccc(Cl)c3)cc2C1. The second kappa shape index (κ2) is 8.02. The molecule has 0 aromatic heterocycles. The molecular formula is C19H20ClNO3S. The summed E-state index contributed by atoms with van der Waals surface area (Å²) >= 11 is 7.73. The third kappa shape index (κ3) is 4.22. The van der Waals surface area contributed by atoms with Crippen LogP contribution >= 0.6 is 23.4 Å². The van der Waals surface area contributed by atoms with Crippen molar-refractivity contribution in [2.75, 3.05) is 25.2 Å². The highest BCUT2D eigenvalue weighted by Crippen LogP contribution is 2.38. The van der Waals surface area contributed by atoms with Gasteiger partial charge in [-0.15, -0.1) is 0 Å². The van der Waals surface area contributed by atoms with Crippen molar-refractivity contribution in [3.05, 3.63) is 47.0 Å². The number of halogens is 1. The van der Waals surface area contributed by atoms with Crippen molar-refractivity contribution in [1.29, 1.82) is 0 Å². The first-order valence-corrected chi connectivity index (χ1v) is 9.87. The number of aromatic hydroxyl groups is 1. The number of rotatable bonds is 4. The molecule has 1 amide bonds. The first-order valence-electron chi connectivity index (χ1n) is 8.10. The summed E-state index contributed by atoms with van der Waals surface area (Å²) in [6.07, 6.45) is 2.50. The number of amides is 1. The minimum atomic E-state index is 0.0888. The van der Waals surface area contributed by atoms with Gasteiger partial charge in [0.05, 0.1) is 6.54 Å². The minimum Gasteiger partial charge on any atom is -0.504 e. The highest BCUT2D eigenvalue weighted by atomic mass is 35.5. The lowest BCUT2D eigenvalue weighted by molar-refractivity contribution is -0.131. The zero-order valence-electron chi connectivity index (χ0n) is 14.0. The standard InChI is InChI=1S/C19H20ClNO3S/c1-25-8-5-18(23)21-6-7-24-19-15(12-21)9-14(11-17(19)22)13-3-2-4-16(20)10-13/h2-4,9-11,22H,5-8,12H2,1H3. The van der Waals surface area contributed by atoms with Crippen LogP contribution in [-0.4, -0.2) is 41.1 Å². The van der Waals surface area contributed by atoms with Crippen LogP contribution in [0.2, 0.25) is 5.02 Å². The molecule has 3 rings (SSSR count). The predicted molar refractivity (Wildman–Crippen MR) is 102 cm³/mol. The van der Waals surface area contributed by atoms with E-state index in [9.17, 15) is 9.90 Å². The number of carbonyl (C=O) groups excluding carboxylic acids is 1. The third-order valence-corrected chi connectivity index (χ3v) is 4.99. The van der Waals surface area contributed by atoms with Gasteiger partial charge < -0.3 is 14.7 Å². The van der Waals surface area contributed by atoms with Crippen LogP contribution in [0.15, 0.2) is 36.4 Å². The fourth-order valence-corrected chi connectivity index (χ4v) is 3.46. The van der Waals surface area contributed by atoms with Crippen molar-refractivity contribution in [1.82, 2.24) is 4.90 Å². The molecule has 2 aromatic rings. The zero-order chi connectivity index (χ0) is 17.8. The van der Waals surface area contributed by atoms with Gasteiger partial charge >= 0.3 is 0 Å². The Bertz CT molecular complexity index is 781. The Morgan fingerprint density at radius 2 is 2.16 bits per heavy atom. The molecule has 1 N–H and O–H groups in total. The number of ether oxygens (including phenoxy) is 1. The van der Waals surface area contributed by atoms with Gasteiger partial charge in [-0.25, -0.2) is 0 Å². The molecule has 6 heteroatoms. The molecule has 2 aromatic carbocycles. The van der Waals surface area contributed by atoms with Gasteiger partial charge in [0.1, 0.15) is 6.61 Å². The Balaban J connectivity index is 1.92. The van der Waals surface area contributed by atoms with E-state index in [0.29, 0.717) is 36.9 Å². The van der Waals surface area contributed by atoms with E-state index in [1.165, 1.54) is 0 Å². The summed E-state index contributed by atoms with van der Waals surface area (Å²) in [4.78, 5) is 14.2. The lowest BCUT2D eigenvalue weighted by Crippen LogP contribution is -2.32. The molecule has 1 heterocycles. The quantitative estimate of drug-likeness (QED) is 0.868. The molecule has 0 saturated heterocycles. The first kappa shape index (κ1) is 18.0. The molecule has 0 atom stereocenters. The number of hydrogen-bond acceptors (Lipinski definition) is 4. The van der Waals surface area contributed by atoms with Crippen LogP contribution in [0.5, 0.6) is 11.5 Å². The van der Waals surface area contributed by atoms with Gasteiger partial charge in [-0.05, 0) is 41.6 Å². The Morgan fingerprint density at radius 3 is 2.92 bits per heavy atom. The molecule has 0 saturated carbocycles. The lowest BCUT2D eigenvalue weighted by Gasteiger charge is -2.20. The molecule has 0 unspecified atom stereocenters. The second-order valence-corrected chi connectivity index (χ2v) is 7.32. The highest BCUT2D eigenvalue weighted by Gasteiger charge is 2.22. The van der Waals surface area contributed by atoms with Crippen molar-refractivity contribution in [2.24, 2.45) is 0 Å². The molecule has 0 radical (unpaired) electrons.